The minimum Gasteiger partial charge on any atom is -0.327 e. The van der Waals surface area contributed by atoms with Crippen LogP contribution >= 0.6 is 11.8 Å². The van der Waals surface area contributed by atoms with Crippen LogP contribution < -0.4 is 20.8 Å². The highest BCUT2D eigenvalue weighted by molar-refractivity contribution is 7.99. The van der Waals surface area contributed by atoms with Crippen LogP contribution in [0.1, 0.15) is 6.92 Å². The number of hydrogen-bond acceptors (Lipinski definition) is 11. The summed E-state index contributed by atoms with van der Waals surface area (Å²) in [5.74, 6) is 2.81. The molecule has 2 aromatic rings. The molecule has 1 fully saturated rings. The molecule has 0 bridgehead atoms. The number of hydroxylamine groups is 1. The normalized spacial score (nSPS) is 17.6. The number of nitrogens with one attached hydrogen (secondary N) is 1. The molecule has 0 saturated carbocycles. The smallest absolute Gasteiger partial charge is 0.327 e. The van der Waals surface area contributed by atoms with Crippen LogP contribution in [0.5, 0.6) is 0 Å². The summed E-state index contributed by atoms with van der Waals surface area (Å²) in [6, 6.07) is 5.46. The minimum atomic E-state index is -5.29. The van der Waals surface area contributed by atoms with E-state index in [-0.39, 0.29) is 28.9 Å². The standard InChI is InChI=1S/C22H22F3N7O5S/c1-3-4-11-30-16-17(31(37-19(34)22(23,24)25)21(30)29-12-9-26-10-13-29)27-20(28(2)18(16)33)38-15-7-5-14(6-8-15)32(35)36/h5-8,21,26H,9-13H2,1-2H3. The lowest BCUT2D eigenvalue weighted by atomic mass is 10.3. The van der Waals surface area contributed by atoms with E-state index < -0.39 is 28.9 Å². The average Bonchev–Trinajstić information content (AvgIpc) is 3.18. The maximum absolute atomic E-state index is 13.6. The zero-order valence-corrected chi connectivity index (χ0v) is 21.0. The van der Waals surface area contributed by atoms with Crippen molar-refractivity contribution in [2.24, 2.45) is 7.05 Å². The fourth-order valence-electron chi connectivity index (χ4n) is 3.96. The molecule has 0 amide bonds. The van der Waals surface area contributed by atoms with Crippen molar-refractivity contribution in [1.82, 2.24) is 19.8 Å². The maximum atomic E-state index is 13.6. The Morgan fingerprint density at radius 2 is 1.95 bits per heavy atom. The first-order chi connectivity index (χ1) is 18.0. The lowest BCUT2D eigenvalue weighted by Gasteiger charge is -2.40. The van der Waals surface area contributed by atoms with Crippen LogP contribution in [0.15, 0.2) is 39.1 Å². The Bertz CT molecular complexity index is 1350. The quantitative estimate of drug-likeness (QED) is 0.243. The summed E-state index contributed by atoms with van der Waals surface area (Å²) >= 11 is 0.967. The van der Waals surface area contributed by atoms with Gasteiger partial charge in [0.2, 0.25) is 0 Å². The van der Waals surface area contributed by atoms with E-state index in [1.54, 1.807) is 11.8 Å². The Morgan fingerprint density at radius 1 is 1.29 bits per heavy atom. The number of carbonyl (C=O) groups is 1. The number of non-ortho nitro benzene ring substituents is 1. The van der Waals surface area contributed by atoms with Crippen LogP contribution in [0.25, 0.3) is 0 Å². The zero-order chi connectivity index (χ0) is 27.6. The van der Waals surface area contributed by atoms with Crippen molar-refractivity contribution in [3.63, 3.8) is 0 Å². The average molecular weight is 554 g/mol. The Balaban J connectivity index is 1.82. The Hall–Kier alpha value is -3.81. The summed E-state index contributed by atoms with van der Waals surface area (Å²) in [5.41, 5.74) is -0.799. The van der Waals surface area contributed by atoms with Gasteiger partial charge in [-0.15, -0.1) is 11.0 Å². The molecule has 0 radical (unpaired) electrons. The van der Waals surface area contributed by atoms with E-state index >= 15 is 0 Å². The number of carbonyl (C=O) groups excluding carboxylic acids is 1. The predicted octanol–water partition coefficient (Wildman–Crippen LogP) is 1.70. The number of nitro benzene ring substituents is 1. The van der Waals surface area contributed by atoms with Crippen LogP contribution in [0.2, 0.25) is 0 Å². The minimum absolute atomic E-state index is 0.0378. The van der Waals surface area contributed by atoms with Gasteiger partial charge >= 0.3 is 12.1 Å². The number of hydrogen-bond donors (Lipinski definition) is 1. The molecule has 1 saturated heterocycles. The van der Waals surface area contributed by atoms with Gasteiger partial charge in [-0.1, -0.05) is 17.7 Å². The topological polar surface area (TPSA) is 126 Å². The van der Waals surface area contributed by atoms with Gasteiger partial charge in [-0.3, -0.25) is 24.4 Å². The van der Waals surface area contributed by atoms with Gasteiger partial charge in [0.1, 0.15) is 0 Å². The number of halogens is 3. The summed E-state index contributed by atoms with van der Waals surface area (Å²) in [7, 11) is 1.44. The molecule has 0 aliphatic carbocycles. The number of nitro groups is 1. The van der Waals surface area contributed by atoms with Crippen molar-refractivity contribution in [3.8, 4) is 11.8 Å². The number of anilines is 2. The van der Waals surface area contributed by atoms with Crippen molar-refractivity contribution in [2.75, 3.05) is 42.7 Å². The van der Waals surface area contributed by atoms with Crippen LogP contribution in [0.4, 0.5) is 30.4 Å². The largest absolute Gasteiger partial charge is 0.493 e. The zero-order valence-electron chi connectivity index (χ0n) is 20.2. The number of piperazine rings is 1. The fraction of sp³-hybridized carbons (Fsp3) is 0.409. The number of rotatable bonds is 6. The Kier molecular flexibility index (Phi) is 7.81. The van der Waals surface area contributed by atoms with Gasteiger partial charge in [0.05, 0.1) is 11.5 Å². The lowest BCUT2D eigenvalue weighted by molar-refractivity contribution is -0.384. The molecule has 202 valence electrons. The van der Waals surface area contributed by atoms with Crippen molar-refractivity contribution in [1.29, 1.82) is 0 Å². The molecule has 2 aliphatic heterocycles. The molecule has 16 heteroatoms. The van der Waals surface area contributed by atoms with Crippen molar-refractivity contribution < 1.29 is 27.7 Å². The summed E-state index contributed by atoms with van der Waals surface area (Å²) in [5, 5.41) is 14.9. The molecule has 4 rings (SSSR count). The van der Waals surface area contributed by atoms with Gasteiger partial charge in [0, 0.05) is 50.3 Å². The molecular formula is C22H22F3N7O5S. The number of aromatic nitrogens is 2. The molecule has 1 aromatic carbocycles. The molecule has 1 aromatic heterocycles. The van der Waals surface area contributed by atoms with E-state index in [0.717, 1.165) is 16.8 Å². The van der Waals surface area contributed by atoms with E-state index in [1.807, 2.05) is 0 Å². The summed E-state index contributed by atoms with van der Waals surface area (Å²) in [6.45, 7) is 3.36. The van der Waals surface area contributed by atoms with Crippen molar-refractivity contribution in [2.45, 2.75) is 29.4 Å². The third kappa shape index (κ3) is 5.39. The molecule has 38 heavy (non-hydrogen) atoms. The second kappa shape index (κ2) is 10.9. The third-order valence-corrected chi connectivity index (χ3v) is 6.82. The molecule has 1 unspecified atom stereocenters. The van der Waals surface area contributed by atoms with Gasteiger partial charge in [-0.25, -0.2) is 9.78 Å². The summed E-state index contributed by atoms with van der Waals surface area (Å²) in [4.78, 5) is 48.9. The molecule has 3 heterocycles. The van der Waals surface area contributed by atoms with Gasteiger partial charge in [-0.2, -0.15) is 13.2 Å². The summed E-state index contributed by atoms with van der Waals surface area (Å²) < 4.78 is 41.0. The van der Waals surface area contributed by atoms with E-state index in [4.69, 9.17) is 4.84 Å². The van der Waals surface area contributed by atoms with Crippen molar-refractivity contribution in [3.05, 3.63) is 44.7 Å². The molecule has 0 spiro atoms. The predicted molar refractivity (Wildman–Crippen MR) is 130 cm³/mol. The molecular weight excluding hydrogens is 531 g/mol. The second-order valence-electron chi connectivity index (χ2n) is 8.17. The number of alkyl halides is 3. The second-order valence-corrected chi connectivity index (χ2v) is 9.21. The number of benzene rings is 1. The molecule has 12 nitrogen and oxygen atoms in total. The van der Waals surface area contributed by atoms with Gasteiger partial charge in [-0.05, 0) is 19.1 Å². The first-order valence-electron chi connectivity index (χ1n) is 11.3. The highest BCUT2D eigenvalue weighted by Crippen LogP contribution is 2.40. The number of nitrogens with zero attached hydrogens (tertiary/aromatic N) is 6. The third-order valence-electron chi connectivity index (χ3n) is 5.77. The van der Waals surface area contributed by atoms with Crippen LogP contribution in [0, 0.1) is 22.0 Å². The molecule has 1 N–H and O–H groups in total. The van der Waals surface area contributed by atoms with E-state index in [9.17, 15) is 32.9 Å². The fourth-order valence-corrected chi connectivity index (χ4v) is 4.80. The molecule has 1 atom stereocenters. The van der Waals surface area contributed by atoms with E-state index in [2.05, 4.69) is 22.1 Å². The van der Waals surface area contributed by atoms with Crippen LogP contribution in [-0.4, -0.2) is 70.5 Å². The lowest BCUT2D eigenvalue weighted by Crippen LogP contribution is -2.61. The van der Waals surface area contributed by atoms with Gasteiger partial charge < -0.3 is 15.1 Å². The van der Waals surface area contributed by atoms with Gasteiger partial charge in [0.25, 0.3) is 11.2 Å². The van der Waals surface area contributed by atoms with Gasteiger partial charge in [0.15, 0.2) is 23.0 Å². The van der Waals surface area contributed by atoms with Crippen LogP contribution in [0.3, 0.4) is 0 Å². The van der Waals surface area contributed by atoms with Crippen LogP contribution in [-0.2, 0) is 16.7 Å². The molecule has 2 aliphatic rings. The first-order valence-corrected chi connectivity index (χ1v) is 12.1. The van der Waals surface area contributed by atoms with E-state index in [0.29, 0.717) is 31.1 Å². The SMILES string of the molecule is CC#CCN1c2c(nc(Sc3ccc([N+](=O)[O-])cc3)n(C)c2=O)N(OC(=O)C(F)(F)F)C1N1CCNCC1. The number of fused-ring (bicyclic) bond motifs is 1. The monoisotopic (exact) mass is 553 g/mol. The Labute approximate surface area is 218 Å². The first kappa shape index (κ1) is 27.2. The maximum Gasteiger partial charge on any atom is 0.493 e. The Morgan fingerprint density at radius 3 is 2.53 bits per heavy atom. The van der Waals surface area contributed by atoms with Crippen molar-refractivity contribution >= 4 is 34.9 Å². The highest BCUT2D eigenvalue weighted by Gasteiger charge is 2.50. The van der Waals surface area contributed by atoms with E-state index in [1.165, 1.54) is 40.8 Å². The highest BCUT2D eigenvalue weighted by atomic mass is 32.2. The summed E-state index contributed by atoms with van der Waals surface area (Å²) in [6.07, 6.45) is -6.39.